The van der Waals surface area contributed by atoms with E-state index in [1.807, 2.05) is 13.0 Å². The van der Waals surface area contributed by atoms with Crippen molar-refractivity contribution in [2.45, 2.75) is 51.9 Å². The number of aliphatic imine (C=N–C) groups is 1. The molecule has 0 spiro atoms. The average Bonchev–Trinajstić information content (AvgIpc) is 2.28. The van der Waals surface area contributed by atoms with Gasteiger partial charge in [0.1, 0.15) is 0 Å². The highest BCUT2D eigenvalue weighted by Gasteiger charge is 2.37. The topological polar surface area (TPSA) is 41.8 Å². The zero-order valence-electron chi connectivity index (χ0n) is 10.1. The third kappa shape index (κ3) is 2.20. The molecule has 3 unspecified atom stereocenters. The fourth-order valence-electron chi connectivity index (χ4n) is 2.63. The third-order valence-corrected chi connectivity index (χ3v) is 3.72. The van der Waals surface area contributed by atoms with Crippen LogP contribution in [0.3, 0.4) is 0 Å². The van der Waals surface area contributed by atoms with E-state index in [1.54, 1.807) is 0 Å². The molecular weight excluding hydrogens is 202 g/mol. The lowest BCUT2D eigenvalue weighted by molar-refractivity contribution is -0.0440. The summed E-state index contributed by atoms with van der Waals surface area (Å²) < 4.78 is 5.17. The van der Waals surface area contributed by atoms with E-state index in [0.29, 0.717) is 18.4 Å². The molecule has 2 rings (SSSR count). The fourth-order valence-corrected chi connectivity index (χ4v) is 2.63. The molecule has 0 amide bonds. The molecule has 90 valence electrons. The third-order valence-electron chi connectivity index (χ3n) is 3.72. The van der Waals surface area contributed by atoms with Gasteiger partial charge in [-0.1, -0.05) is 25.8 Å². The highest BCUT2D eigenvalue weighted by atomic mass is 16.6. The molecule has 2 aliphatic rings. The zero-order chi connectivity index (χ0) is 11.6. The molecule has 1 aliphatic carbocycles. The van der Waals surface area contributed by atoms with Crippen LogP contribution in [0.15, 0.2) is 17.1 Å². The first-order valence-corrected chi connectivity index (χ1v) is 6.22. The molecule has 1 fully saturated rings. The number of nitrogens with zero attached hydrogens (tertiary/aromatic N) is 1. The molecule has 0 bridgehead atoms. The summed E-state index contributed by atoms with van der Waals surface area (Å²) in [6.07, 6.45) is 8.15. The van der Waals surface area contributed by atoms with E-state index in [4.69, 9.17) is 4.74 Å². The van der Waals surface area contributed by atoms with E-state index >= 15 is 0 Å². The lowest BCUT2D eigenvalue weighted by Crippen LogP contribution is -2.38. The van der Waals surface area contributed by atoms with Gasteiger partial charge in [-0.3, -0.25) is 4.99 Å². The average molecular weight is 223 g/mol. The summed E-state index contributed by atoms with van der Waals surface area (Å²) >= 11 is 0. The first-order valence-electron chi connectivity index (χ1n) is 6.22. The van der Waals surface area contributed by atoms with Gasteiger partial charge in [0.15, 0.2) is 6.29 Å². The standard InChI is InChI=1S/C13H21NO2/c1-3-16-12(15)10-7-9-13(2)8-5-4-6-11(13)14-10/h7,9,11-12,15H,3-6,8H2,1-2H3. The van der Waals surface area contributed by atoms with Gasteiger partial charge in [0, 0.05) is 12.0 Å². The minimum atomic E-state index is -0.854. The van der Waals surface area contributed by atoms with Gasteiger partial charge in [0.25, 0.3) is 0 Å². The van der Waals surface area contributed by atoms with Gasteiger partial charge in [0.05, 0.1) is 11.8 Å². The van der Waals surface area contributed by atoms with E-state index in [9.17, 15) is 5.11 Å². The number of hydrogen-bond acceptors (Lipinski definition) is 3. The van der Waals surface area contributed by atoms with Crippen LogP contribution in [0.5, 0.6) is 0 Å². The Bertz CT molecular complexity index is 311. The molecule has 1 saturated carbocycles. The Balaban J connectivity index is 2.11. The summed E-state index contributed by atoms with van der Waals surface area (Å²) in [6, 6.07) is 0.330. The van der Waals surface area contributed by atoms with E-state index in [-0.39, 0.29) is 5.41 Å². The molecule has 1 N–H and O–H groups in total. The number of hydrogen-bond donors (Lipinski definition) is 1. The van der Waals surface area contributed by atoms with Gasteiger partial charge < -0.3 is 9.84 Å². The second-order valence-electron chi connectivity index (χ2n) is 4.96. The van der Waals surface area contributed by atoms with Crippen LogP contribution in [-0.4, -0.2) is 29.8 Å². The summed E-state index contributed by atoms with van der Waals surface area (Å²) in [5.41, 5.74) is 0.888. The molecule has 0 aromatic carbocycles. The molecule has 3 atom stereocenters. The lowest BCUT2D eigenvalue weighted by atomic mass is 9.70. The van der Waals surface area contributed by atoms with Crippen molar-refractivity contribution in [3.63, 3.8) is 0 Å². The Kier molecular flexibility index (Phi) is 3.45. The Morgan fingerprint density at radius 2 is 2.44 bits per heavy atom. The summed E-state index contributed by atoms with van der Waals surface area (Å²) in [5, 5.41) is 9.74. The van der Waals surface area contributed by atoms with Gasteiger partial charge in [-0.25, -0.2) is 0 Å². The van der Waals surface area contributed by atoms with E-state index < -0.39 is 6.29 Å². The summed E-state index contributed by atoms with van der Waals surface area (Å²) in [5.74, 6) is 0. The van der Waals surface area contributed by atoms with Crippen molar-refractivity contribution in [3.8, 4) is 0 Å². The van der Waals surface area contributed by atoms with Crippen LogP contribution in [-0.2, 0) is 4.74 Å². The van der Waals surface area contributed by atoms with Crippen LogP contribution >= 0.6 is 0 Å². The van der Waals surface area contributed by atoms with Crippen molar-refractivity contribution in [1.82, 2.24) is 0 Å². The lowest BCUT2D eigenvalue weighted by Gasteiger charge is -2.39. The number of dihydropyridines is 1. The molecular formula is C13H21NO2. The second-order valence-corrected chi connectivity index (χ2v) is 4.96. The van der Waals surface area contributed by atoms with E-state index in [2.05, 4.69) is 18.0 Å². The normalized spacial score (nSPS) is 35.4. The van der Waals surface area contributed by atoms with E-state index in [1.165, 1.54) is 19.3 Å². The predicted octanol–water partition coefficient (Wildman–Crippen LogP) is 2.30. The molecule has 3 nitrogen and oxygen atoms in total. The number of fused-ring (bicyclic) bond motifs is 1. The molecule has 0 radical (unpaired) electrons. The first kappa shape index (κ1) is 11.8. The number of rotatable bonds is 3. The van der Waals surface area contributed by atoms with Gasteiger partial charge >= 0.3 is 0 Å². The SMILES string of the molecule is CCOC(O)C1=NC2CCCCC2(C)C=C1. The summed E-state index contributed by atoms with van der Waals surface area (Å²) in [7, 11) is 0. The number of aliphatic hydroxyl groups is 1. The number of aliphatic hydroxyl groups excluding tert-OH is 1. The van der Waals surface area contributed by atoms with Crippen LogP contribution in [0.2, 0.25) is 0 Å². The Morgan fingerprint density at radius 3 is 3.19 bits per heavy atom. The van der Waals surface area contributed by atoms with Crippen LogP contribution in [0.4, 0.5) is 0 Å². The van der Waals surface area contributed by atoms with Crippen LogP contribution < -0.4 is 0 Å². The zero-order valence-corrected chi connectivity index (χ0v) is 10.1. The monoisotopic (exact) mass is 223 g/mol. The summed E-state index contributed by atoms with van der Waals surface area (Å²) in [6.45, 7) is 4.65. The minimum Gasteiger partial charge on any atom is -0.363 e. The maximum absolute atomic E-state index is 9.74. The Labute approximate surface area is 97.2 Å². The van der Waals surface area contributed by atoms with Gasteiger partial charge in [-0.05, 0) is 25.8 Å². The van der Waals surface area contributed by atoms with Crippen molar-refractivity contribution in [2.75, 3.05) is 6.61 Å². The van der Waals surface area contributed by atoms with Crippen LogP contribution in [0.1, 0.15) is 39.5 Å². The first-order chi connectivity index (χ1) is 7.65. The molecule has 1 aliphatic heterocycles. The van der Waals surface area contributed by atoms with Gasteiger partial charge in [-0.2, -0.15) is 0 Å². The molecule has 1 heterocycles. The Morgan fingerprint density at radius 1 is 1.62 bits per heavy atom. The maximum Gasteiger partial charge on any atom is 0.198 e. The molecule has 0 aromatic rings. The van der Waals surface area contributed by atoms with Crippen molar-refractivity contribution in [2.24, 2.45) is 10.4 Å². The van der Waals surface area contributed by atoms with Crippen molar-refractivity contribution in [1.29, 1.82) is 0 Å². The van der Waals surface area contributed by atoms with Gasteiger partial charge in [0.2, 0.25) is 0 Å². The highest BCUT2D eigenvalue weighted by molar-refractivity contribution is 5.98. The fraction of sp³-hybridized carbons (Fsp3) is 0.769. The van der Waals surface area contributed by atoms with Crippen molar-refractivity contribution >= 4 is 5.71 Å². The predicted molar refractivity (Wildman–Crippen MR) is 64.6 cm³/mol. The highest BCUT2D eigenvalue weighted by Crippen LogP contribution is 2.41. The van der Waals surface area contributed by atoms with Crippen molar-refractivity contribution < 1.29 is 9.84 Å². The molecule has 3 heteroatoms. The largest absolute Gasteiger partial charge is 0.363 e. The maximum atomic E-state index is 9.74. The number of ether oxygens (including phenoxy) is 1. The Hall–Kier alpha value is -0.670. The van der Waals surface area contributed by atoms with E-state index in [0.717, 1.165) is 6.42 Å². The molecule has 16 heavy (non-hydrogen) atoms. The minimum absolute atomic E-state index is 0.202. The smallest absolute Gasteiger partial charge is 0.198 e. The van der Waals surface area contributed by atoms with Crippen LogP contribution in [0.25, 0.3) is 0 Å². The van der Waals surface area contributed by atoms with Crippen molar-refractivity contribution in [3.05, 3.63) is 12.2 Å². The molecule has 0 saturated heterocycles. The second kappa shape index (κ2) is 4.68. The van der Waals surface area contributed by atoms with Gasteiger partial charge in [-0.15, -0.1) is 0 Å². The quantitative estimate of drug-likeness (QED) is 0.746. The van der Waals surface area contributed by atoms with Crippen LogP contribution in [0, 0.1) is 5.41 Å². The molecule has 0 aromatic heterocycles. The summed E-state index contributed by atoms with van der Waals surface area (Å²) in [4.78, 5) is 4.65.